The highest BCUT2D eigenvalue weighted by Gasteiger charge is 2.30. The minimum atomic E-state index is 0.630. The van der Waals surface area contributed by atoms with Crippen LogP contribution >= 0.6 is 0 Å². The molecule has 3 nitrogen and oxygen atoms in total. The van der Waals surface area contributed by atoms with Crippen molar-refractivity contribution in [1.29, 1.82) is 0 Å². The summed E-state index contributed by atoms with van der Waals surface area (Å²) in [4.78, 5) is 0. The first-order chi connectivity index (χ1) is 10.3. The van der Waals surface area contributed by atoms with Gasteiger partial charge in [-0.15, -0.1) is 0 Å². The highest BCUT2D eigenvalue weighted by atomic mass is 15.2. The summed E-state index contributed by atoms with van der Waals surface area (Å²) in [5.41, 5.74) is 2.86. The number of rotatable bonds is 4. The molecule has 0 spiro atoms. The van der Waals surface area contributed by atoms with Gasteiger partial charge in [-0.2, -0.15) is 5.10 Å². The first kappa shape index (κ1) is 14.3. The molecular formula is C18H25N3. The van der Waals surface area contributed by atoms with Gasteiger partial charge < -0.3 is 5.32 Å². The summed E-state index contributed by atoms with van der Waals surface area (Å²) in [6.07, 6.45) is 9.12. The molecule has 1 aromatic heterocycles. The zero-order valence-electron chi connectivity index (χ0n) is 13.0. The van der Waals surface area contributed by atoms with Gasteiger partial charge in [-0.05, 0) is 55.7 Å². The molecule has 3 unspecified atom stereocenters. The predicted octanol–water partition coefficient (Wildman–Crippen LogP) is 3.13. The third-order valence-electron chi connectivity index (χ3n) is 4.88. The van der Waals surface area contributed by atoms with Gasteiger partial charge in [-0.25, -0.2) is 0 Å². The Labute approximate surface area is 127 Å². The summed E-state index contributed by atoms with van der Waals surface area (Å²) >= 11 is 0. The average molecular weight is 283 g/mol. The summed E-state index contributed by atoms with van der Waals surface area (Å²) in [5, 5.41) is 7.83. The van der Waals surface area contributed by atoms with Gasteiger partial charge in [0.2, 0.25) is 0 Å². The molecule has 0 saturated heterocycles. The molecule has 1 heterocycles. The van der Waals surface area contributed by atoms with Crippen LogP contribution in [0.5, 0.6) is 0 Å². The summed E-state index contributed by atoms with van der Waals surface area (Å²) in [7, 11) is 4.09. The second-order valence-electron chi connectivity index (χ2n) is 6.30. The van der Waals surface area contributed by atoms with E-state index in [9.17, 15) is 0 Å². The maximum atomic E-state index is 4.31. The zero-order valence-corrected chi connectivity index (χ0v) is 13.0. The fourth-order valence-corrected chi connectivity index (χ4v) is 3.78. The Morgan fingerprint density at radius 2 is 2.05 bits per heavy atom. The van der Waals surface area contributed by atoms with Gasteiger partial charge in [-0.3, -0.25) is 4.68 Å². The molecule has 1 aliphatic carbocycles. The maximum Gasteiger partial charge on any atom is 0.0521 e. The molecular weight excluding hydrogens is 258 g/mol. The zero-order chi connectivity index (χ0) is 14.7. The lowest BCUT2D eigenvalue weighted by Gasteiger charge is -2.36. The molecule has 3 rings (SSSR count). The quantitative estimate of drug-likeness (QED) is 0.934. The number of aromatic nitrogens is 2. The Kier molecular flexibility index (Phi) is 4.39. The first-order valence-electron chi connectivity index (χ1n) is 7.96. The third-order valence-corrected chi connectivity index (χ3v) is 4.88. The minimum absolute atomic E-state index is 0.630. The van der Waals surface area contributed by atoms with E-state index in [1.807, 2.05) is 17.9 Å². The van der Waals surface area contributed by atoms with Crippen molar-refractivity contribution in [2.45, 2.75) is 37.6 Å². The van der Waals surface area contributed by atoms with Crippen molar-refractivity contribution in [3.8, 4) is 0 Å². The SMILES string of the molecule is CNC1CCC(c2ccccc2)CC1Cc1cnn(C)c1. The van der Waals surface area contributed by atoms with Crippen molar-refractivity contribution >= 4 is 0 Å². The van der Waals surface area contributed by atoms with Gasteiger partial charge in [0.1, 0.15) is 0 Å². The predicted molar refractivity (Wildman–Crippen MR) is 86.3 cm³/mol. The third kappa shape index (κ3) is 3.35. The number of benzene rings is 1. The van der Waals surface area contributed by atoms with Crippen molar-refractivity contribution in [3.63, 3.8) is 0 Å². The highest BCUT2D eigenvalue weighted by molar-refractivity contribution is 5.21. The van der Waals surface area contributed by atoms with Gasteiger partial charge in [0.25, 0.3) is 0 Å². The summed E-state index contributed by atoms with van der Waals surface area (Å²) in [5.74, 6) is 1.40. The number of aryl methyl sites for hydroxylation is 1. The summed E-state index contributed by atoms with van der Waals surface area (Å²) < 4.78 is 1.90. The van der Waals surface area contributed by atoms with E-state index in [4.69, 9.17) is 0 Å². The van der Waals surface area contributed by atoms with Crippen LogP contribution in [0.3, 0.4) is 0 Å². The van der Waals surface area contributed by atoms with E-state index in [0.29, 0.717) is 17.9 Å². The number of hydrogen-bond donors (Lipinski definition) is 1. The Balaban J connectivity index is 1.72. The Bertz CT molecular complexity index is 561. The summed E-state index contributed by atoms with van der Waals surface area (Å²) in [6, 6.07) is 11.6. The Hall–Kier alpha value is -1.61. The van der Waals surface area contributed by atoms with Crippen LogP contribution < -0.4 is 5.32 Å². The standard InChI is InChI=1S/C18H25N3/c1-19-18-9-8-16(15-6-4-3-5-7-15)11-17(18)10-14-12-20-21(2)13-14/h3-7,12-13,16-19H,8-11H2,1-2H3. The van der Waals surface area contributed by atoms with E-state index in [1.165, 1.54) is 30.4 Å². The Morgan fingerprint density at radius 1 is 1.24 bits per heavy atom. The smallest absolute Gasteiger partial charge is 0.0521 e. The van der Waals surface area contributed by atoms with E-state index in [1.54, 1.807) is 0 Å². The van der Waals surface area contributed by atoms with Crippen LogP contribution in [0, 0.1) is 5.92 Å². The van der Waals surface area contributed by atoms with Crippen LogP contribution in [0.15, 0.2) is 42.7 Å². The fraction of sp³-hybridized carbons (Fsp3) is 0.500. The molecule has 1 fully saturated rings. The lowest BCUT2D eigenvalue weighted by atomic mass is 9.73. The van der Waals surface area contributed by atoms with Crippen LogP contribution in [0.2, 0.25) is 0 Å². The molecule has 3 heteroatoms. The molecule has 0 bridgehead atoms. The molecule has 1 aliphatic rings. The Morgan fingerprint density at radius 3 is 2.71 bits per heavy atom. The molecule has 21 heavy (non-hydrogen) atoms. The van der Waals surface area contributed by atoms with E-state index in [-0.39, 0.29) is 0 Å². The number of nitrogens with zero attached hydrogens (tertiary/aromatic N) is 2. The normalized spacial score (nSPS) is 25.9. The highest BCUT2D eigenvalue weighted by Crippen LogP contribution is 2.37. The van der Waals surface area contributed by atoms with Crippen molar-refractivity contribution in [2.75, 3.05) is 7.05 Å². The topological polar surface area (TPSA) is 29.9 Å². The number of hydrogen-bond acceptors (Lipinski definition) is 2. The molecule has 2 aromatic rings. The molecule has 1 N–H and O–H groups in total. The van der Waals surface area contributed by atoms with Crippen LogP contribution in [0.4, 0.5) is 0 Å². The average Bonchev–Trinajstić information content (AvgIpc) is 2.93. The van der Waals surface area contributed by atoms with Gasteiger partial charge in [0.15, 0.2) is 0 Å². The van der Waals surface area contributed by atoms with Crippen molar-refractivity contribution in [3.05, 3.63) is 53.9 Å². The molecule has 0 radical (unpaired) electrons. The van der Waals surface area contributed by atoms with Gasteiger partial charge in [0, 0.05) is 19.3 Å². The lowest BCUT2D eigenvalue weighted by Crippen LogP contribution is -2.39. The van der Waals surface area contributed by atoms with Gasteiger partial charge in [0.05, 0.1) is 6.20 Å². The fourth-order valence-electron chi connectivity index (χ4n) is 3.78. The maximum absolute atomic E-state index is 4.31. The van der Waals surface area contributed by atoms with Crippen molar-refractivity contribution in [1.82, 2.24) is 15.1 Å². The largest absolute Gasteiger partial charge is 0.317 e. The monoisotopic (exact) mass is 283 g/mol. The first-order valence-corrected chi connectivity index (χ1v) is 7.96. The van der Waals surface area contributed by atoms with E-state index in [0.717, 1.165) is 6.42 Å². The molecule has 0 aliphatic heterocycles. The van der Waals surface area contributed by atoms with Crippen LogP contribution in [0.25, 0.3) is 0 Å². The lowest BCUT2D eigenvalue weighted by molar-refractivity contribution is 0.248. The molecule has 0 amide bonds. The summed E-state index contributed by atoms with van der Waals surface area (Å²) in [6.45, 7) is 0. The second-order valence-corrected chi connectivity index (χ2v) is 6.30. The van der Waals surface area contributed by atoms with E-state index in [2.05, 4.69) is 54.0 Å². The van der Waals surface area contributed by atoms with Gasteiger partial charge >= 0.3 is 0 Å². The molecule has 112 valence electrons. The van der Waals surface area contributed by atoms with Crippen LogP contribution in [0.1, 0.15) is 36.3 Å². The second kappa shape index (κ2) is 6.44. The molecule has 3 atom stereocenters. The van der Waals surface area contributed by atoms with E-state index >= 15 is 0 Å². The van der Waals surface area contributed by atoms with Crippen molar-refractivity contribution in [2.24, 2.45) is 13.0 Å². The van der Waals surface area contributed by atoms with Crippen LogP contribution in [-0.4, -0.2) is 22.9 Å². The van der Waals surface area contributed by atoms with Crippen LogP contribution in [-0.2, 0) is 13.5 Å². The van der Waals surface area contributed by atoms with Gasteiger partial charge in [-0.1, -0.05) is 30.3 Å². The van der Waals surface area contributed by atoms with Crippen molar-refractivity contribution < 1.29 is 0 Å². The minimum Gasteiger partial charge on any atom is -0.317 e. The van der Waals surface area contributed by atoms with E-state index < -0.39 is 0 Å². The molecule has 1 saturated carbocycles. The number of nitrogens with one attached hydrogen (secondary N) is 1. The molecule has 1 aromatic carbocycles.